The Morgan fingerprint density at radius 2 is 2.10 bits per heavy atom. The zero-order chi connectivity index (χ0) is 16.0. The lowest BCUT2D eigenvalue weighted by atomic mass is 10.1. The van der Waals surface area contributed by atoms with Crippen LogP contribution in [0.2, 0.25) is 0 Å². The Hall–Kier alpha value is -2.25. The molecule has 0 radical (unpaired) electrons. The fraction of sp³-hybridized carbons (Fsp3) is 0.273. The van der Waals surface area contributed by atoms with Gasteiger partial charge in [-0.25, -0.2) is 10.1 Å². The summed E-state index contributed by atoms with van der Waals surface area (Å²) >= 11 is 5.43. The average molecular weight is 326 g/mol. The van der Waals surface area contributed by atoms with Gasteiger partial charge in [-0.05, 0) is 10.5 Å². The molecule has 0 aromatic heterocycles. The SMILES string of the molecule is CCC(SN(C(=S)c1ccccc1C#N)[N+](=O)[O-])[N+](=O)[O-]. The van der Waals surface area contributed by atoms with Gasteiger partial charge in [0.05, 0.1) is 11.6 Å². The topological polar surface area (TPSA) is 113 Å². The van der Waals surface area contributed by atoms with Gasteiger partial charge in [0.2, 0.25) is 0 Å². The summed E-state index contributed by atoms with van der Waals surface area (Å²) in [6.07, 6.45) is 0.102. The second kappa shape index (κ2) is 7.51. The minimum absolute atomic E-state index is 0.102. The van der Waals surface area contributed by atoms with Crippen LogP contribution in [0.4, 0.5) is 0 Å². The molecule has 0 spiro atoms. The zero-order valence-electron chi connectivity index (χ0n) is 10.8. The van der Waals surface area contributed by atoms with Crippen LogP contribution in [-0.2, 0) is 0 Å². The summed E-state index contributed by atoms with van der Waals surface area (Å²) in [5.74, 6) is 0. The van der Waals surface area contributed by atoms with Crippen molar-refractivity contribution in [2.45, 2.75) is 18.7 Å². The quantitative estimate of drug-likeness (QED) is 0.257. The Kier molecular flexibility index (Phi) is 6.01. The maximum Gasteiger partial charge on any atom is 0.281 e. The molecule has 0 fully saturated rings. The lowest BCUT2D eigenvalue weighted by Crippen LogP contribution is -2.33. The highest BCUT2D eigenvalue weighted by Gasteiger charge is 2.33. The summed E-state index contributed by atoms with van der Waals surface area (Å²) in [5.41, 5.74) is 0.363. The molecular formula is C11H10N4O4S2. The van der Waals surface area contributed by atoms with Crippen molar-refractivity contribution in [3.8, 4) is 6.07 Å². The van der Waals surface area contributed by atoms with Gasteiger partial charge in [-0.2, -0.15) is 5.26 Å². The summed E-state index contributed by atoms with van der Waals surface area (Å²) in [6.45, 7) is 1.55. The number of benzene rings is 1. The summed E-state index contributed by atoms with van der Waals surface area (Å²) in [5, 5.41) is 28.9. The van der Waals surface area contributed by atoms with E-state index < -0.39 is 15.3 Å². The van der Waals surface area contributed by atoms with E-state index >= 15 is 0 Å². The molecule has 1 aromatic rings. The molecular weight excluding hydrogens is 316 g/mol. The zero-order valence-corrected chi connectivity index (χ0v) is 12.5. The van der Waals surface area contributed by atoms with Crippen LogP contribution in [0, 0.1) is 31.6 Å². The molecule has 0 amide bonds. The second-order valence-corrected chi connectivity index (χ2v) is 5.21. The maximum atomic E-state index is 11.1. The summed E-state index contributed by atoms with van der Waals surface area (Å²) in [7, 11) is 0. The molecule has 110 valence electrons. The smallest absolute Gasteiger partial charge is 0.263 e. The van der Waals surface area contributed by atoms with Gasteiger partial charge in [-0.15, -0.1) is 0 Å². The van der Waals surface area contributed by atoms with Crippen LogP contribution in [0.3, 0.4) is 0 Å². The van der Waals surface area contributed by atoms with Gasteiger partial charge in [-0.1, -0.05) is 37.3 Å². The highest BCUT2D eigenvalue weighted by atomic mass is 32.2. The molecule has 1 rings (SSSR count). The van der Waals surface area contributed by atoms with E-state index in [-0.39, 0.29) is 22.5 Å². The summed E-state index contributed by atoms with van der Waals surface area (Å²) in [4.78, 5) is 21.1. The standard InChI is InChI=1S/C11H10N4O4S2/c1-2-10(14(16)17)21-13(15(18)19)11(20)9-6-4-3-5-8(9)7-12/h3-6,10H,2H2,1H3. The van der Waals surface area contributed by atoms with Gasteiger partial charge in [0.25, 0.3) is 5.37 Å². The first-order chi connectivity index (χ1) is 9.92. The highest BCUT2D eigenvalue weighted by molar-refractivity contribution is 7.98. The van der Waals surface area contributed by atoms with Crippen molar-refractivity contribution >= 4 is 29.2 Å². The molecule has 1 aromatic carbocycles. The van der Waals surface area contributed by atoms with E-state index in [1.54, 1.807) is 19.1 Å². The van der Waals surface area contributed by atoms with Crippen LogP contribution >= 0.6 is 24.2 Å². The summed E-state index contributed by atoms with van der Waals surface area (Å²) < 4.78 is 0.461. The van der Waals surface area contributed by atoms with Gasteiger partial charge in [0, 0.05) is 16.9 Å². The molecule has 0 saturated heterocycles. The molecule has 0 heterocycles. The molecule has 0 saturated carbocycles. The highest BCUT2D eigenvalue weighted by Crippen LogP contribution is 2.24. The van der Waals surface area contributed by atoms with Crippen LogP contribution < -0.4 is 0 Å². The van der Waals surface area contributed by atoms with Crippen LogP contribution in [0.1, 0.15) is 24.5 Å². The number of hydrazine groups is 1. The second-order valence-electron chi connectivity index (χ2n) is 3.73. The van der Waals surface area contributed by atoms with E-state index in [1.807, 2.05) is 6.07 Å². The Morgan fingerprint density at radius 1 is 1.48 bits per heavy atom. The lowest BCUT2D eigenvalue weighted by Gasteiger charge is -2.15. The molecule has 1 unspecified atom stereocenters. The first-order valence-corrected chi connectivity index (χ1v) is 6.95. The van der Waals surface area contributed by atoms with Crippen molar-refractivity contribution in [2.24, 2.45) is 0 Å². The van der Waals surface area contributed by atoms with E-state index in [4.69, 9.17) is 17.5 Å². The third-order valence-electron chi connectivity index (χ3n) is 2.41. The number of rotatable bonds is 6. The van der Waals surface area contributed by atoms with E-state index in [0.717, 1.165) is 0 Å². The van der Waals surface area contributed by atoms with Crippen LogP contribution in [-0.4, -0.2) is 24.7 Å². The molecule has 10 heteroatoms. The number of hydrogen-bond donors (Lipinski definition) is 0. The molecule has 0 aliphatic carbocycles. The fourth-order valence-corrected chi connectivity index (χ4v) is 2.51. The summed E-state index contributed by atoms with van der Waals surface area (Å²) in [6, 6.07) is 7.99. The molecule has 0 bridgehead atoms. The van der Waals surface area contributed by atoms with Crippen molar-refractivity contribution in [3.63, 3.8) is 0 Å². The van der Waals surface area contributed by atoms with Crippen molar-refractivity contribution in [3.05, 3.63) is 55.6 Å². The van der Waals surface area contributed by atoms with E-state index in [9.17, 15) is 20.2 Å². The van der Waals surface area contributed by atoms with E-state index in [2.05, 4.69) is 0 Å². The van der Waals surface area contributed by atoms with Gasteiger partial charge >= 0.3 is 0 Å². The van der Waals surface area contributed by atoms with Crippen LogP contribution in [0.15, 0.2) is 24.3 Å². The number of nitriles is 1. The van der Waals surface area contributed by atoms with Gasteiger partial charge in [0.1, 0.15) is 11.9 Å². The van der Waals surface area contributed by atoms with Crippen molar-refractivity contribution in [1.82, 2.24) is 4.41 Å². The largest absolute Gasteiger partial charge is 0.281 e. The Balaban J connectivity index is 3.12. The minimum atomic E-state index is -1.19. The minimum Gasteiger partial charge on any atom is -0.263 e. The third-order valence-corrected chi connectivity index (χ3v) is 4.18. The molecule has 0 N–H and O–H groups in total. The van der Waals surface area contributed by atoms with Crippen LogP contribution in [0.25, 0.3) is 0 Å². The predicted molar refractivity (Wildman–Crippen MR) is 80.4 cm³/mol. The van der Waals surface area contributed by atoms with E-state index in [1.165, 1.54) is 12.1 Å². The van der Waals surface area contributed by atoms with Crippen LogP contribution in [0.5, 0.6) is 0 Å². The average Bonchev–Trinajstić information content (AvgIpc) is 2.46. The molecule has 8 nitrogen and oxygen atoms in total. The van der Waals surface area contributed by atoms with Crippen molar-refractivity contribution in [2.75, 3.05) is 0 Å². The van der Waals surface area contributed by atoms with E-state index in [0.29, 0.717) is 16.4 Å². The number of nitrogens with zero attached hydrogens (tertiary/aromatic N) is 4. The van der Waals surface area contributed by atoms with Gasteiger partial charge in [-0.3, -0.25) is 10.1 Å². The number of thiocarbonyl (C=S) groups is 1. The molecule has 0 aliphatic heterocycles. The predicted octanol–water partition coefficient (Wildman–Crippen LogP) is 2.39. The van der Waals surface area contributed by atoms with Gasteiger partial charge in [0.15, 0.2) is 10.0 Å². The number of hydrogen-bond acceptors (Lipinski definition) is 7. The third kappa shape index (κ3) is 4.11. The maximum absolute atomic E-state index is 11.1. The first-order valence-electron chi connectivity index (χ1n) is 5.70. The Morgan fingerprint density at radius 3 is 2.57 bits per heavy atom. The normalized spacial score (nSPS) is 11.2. The van der Waals surface area contributed by atoms with Gasteiger partial charge < -0.3 is 0 Å². The fourth-order valence-electron chi connectivity index (χ4n) is 1.41. The number of nitro groups is 2. The Labute approximate surface area is 129 Å². The molecule has 1 atom stereocenters. The lowest BCUT2D eigenvalue weighted by molar-refractivity contribution is -0.594. The molecule has 0 aliphatic rings. The molecule has 21 heavy (non-hydrogen) atoms. The monoisotopic (exact) mass is 326 g/mol. The van der Waals surface area contributed by atoms with Crippen molar-refractivity contribution in [1.29, 1.82) is 5.26 Å². The van der Waals surface area contributed by atoms with Crippen molar-refractivity contribution < 1.29 is 9.96 Å². The first kappa shape index (κ1) is 16.8. The Bertz CT molecular complexity index is 616.